The number of rotatable bonds is 5. The molecule has 0 aromatic heterocycles. The highest BCUT2D eigenvalue weighted by molar-refractivity contribution is 14.0. The zero-order valence-electron chi connectivity index (χ0n) is 16.4. The number of likely N-dealkylation sites (tertiary alicyclic amines) is 1. The van der Waals surface area contributed by atoms with Crippen LogP contribution in [0.25, 0.3) is 0 Å². The molecular formula is C17H35IN4O2S. The average molecular weight is 486 g/mol. The Hall–Kier alpha value is -0.380. The minimum Gasteiger partial charge on any atom is -0.355 e. The summed E-state index contributed by atoms with van der Waals surface area (Å²) in [7, 11) is 0.877. The lowest BCUT2D eigenvalue weighted by atomic mass is 10.0. The maximum Gasteiger partial charge on any atom is 0.225 e. The standard InChI is InChI=1S/C17H34N4O2S.HI/c1-13(2)15(22)21-10-7-14(8-11-21)20-16(18-6)19-9-12-24(23)17(3,4)5;/h13-14H,7-12H2,1-6H3,(H2,18,19,20);1H. The van der Waals surface area contributed by atoms with Gasteiger partial charge in [0.1, 0.15) is 0 Å². The van der Waals surface area contributed by atoms with E-state index in [0.717, 1.165) is 31.9 Å². The predicted octanol–water partition coefficient (Wildman–Crippen LogP) is 1.96. The summed E-state index contributed by atoms with van der Waals surface area (Å²) in [6.07, 6.45) is 1.85. The van der Waals surface area contributed by atoms with E-state index in [0.29, 0.717) is 18.3 Å². The van der Waals surface area contributed by atoms with Crippen molar-refractivity contribution in [3.8, 4) is 0 Å². The number of hydrogen-bond donors (Lipinski definition) is 2. The van der Waals surface area contributed by atoms with Crippen LogP contribution < -0.4 is 10.6 Å². The maximum atomic E-state index is 12.1. The second-order valence-corrected chi connectivity index (χ2v) is 9.88. The summed E-state index contributed by atoms with van der Waals surface area (Å²) in [4.78, 5) is 18.2. The van der Waals surface area contributed by atoms with Gasteiger partial charge in [-0.2, -0.15) is 0 Å². The number of aliphatic imine (C=N–C) groups is 1. The number of nitrogens with zero attached hydrogens (tertiary/aromatic N) is 2. The summed E-state index contributed by atoms with van der Waals surface area (Å²) in [6.45, 7) is 12.1. The molecule has 2 N–H and O–H groups in total. The van der Waals surface area contributed by atoms with Gasteiger partial charge in [0.05, 0.1) is 0 Å². The van der Waals surface area contributed by atoms with Crippen LogP contribution in [-0.2, 0) is 15.6 Å². The average Bonchev–Trinajstić information content (AvgIpc) is 2.52. The number of piperidine rings is 1. The van der Waals surface area contributed by atoms with Gasteiger partial charge in [-0.3, -0.25) is 14.0 Å². The van der Waals surface area contributed by atoms with Crippen molar-refractivity contribution in [3.63, 3.8) is 0 Å². The Kier molecular flexibility index (Phi) is 11.2. The van der Waals surface area contributed by atoms with Gasteiger partial charge in [-0.05, 0) is 33.6 Å². The minimum atomic E-state index is -0.866. The van der Waals surface area contributed by atoms with Crippen molar-refractivity contribution in [2.24, 2.45) is 10.9 Å². The molecule has 0 aromatic rings. The van der Waals surface area contributed by atoms with E-state index in [9.17, 15) is 9.00 Å². The first-order valence-electron chi connectivity index (χ1n) is 8.79. The van der Waals surface area contributed by atoms with Gasteiger partial charge in [-0.25, -0.2) is 0 Å². The molecule has 8 heteroatoms. The number of carbonyl (C=O) groups is 1. The highest BCUT2D eigenvalue weighted by atomic mass is 127. The molecule has 0 aromatic carbocycles. The van der Waals surface area contributed by atoms with Crippen LogP contribution in [0.2, 0.25) is 0 Å². The molecule has 0 radical (unpaired) electrons. The van der Waals surface area contributed by atoms with Crippen LogP contribution in [0, 0.1) is 5.92 Å². The van der Waals surface area contributed by atoms with E-state index in [-0.39, 0.29) is 40.5 Å². The number of hydrogen-bond acceptors (Lipinski definition) is 3. The SMILES string of the molecule is CN=C(NCCS(=O)C(C)(C)C)NC1CCN(C(=O)C(C)C)CC1.I. The molecule has 0 aliphatic carbocycles. The molecule has 1 rings (SSSR count). The Balaban J connectivity index is 0.00000576. The summed E-state index contributed by atoms with van der Waals surface area (Å²) in [6, 6.07) is 0.320. The molecule has 1 unspecified atom stereocenters. The first kappa shape index (κ1) is 24.6. The van der Waals surface area contributed by atoms with Gasteiger partial charge in [0, 0.05) is 59.9 Å². The fourth-order valence-corrected chi connectivity index (χ4v) is 3.47. The molecule has 25 heavy (non-hydrogen) atoms. The third-order valence-corrected chi connectivity index (χ3v) is 6.07. The molecule has 1 aliphatic heterocycles. The smallest absolute Gasteiger partial charge is 0.225 e. The first-order valence-corrected chi connectivity index (χ1v) is 10.1. The number of halogens is 1. The molecule has 0 spiro atoms. The van der Waals surface area contributed by atoms with Crippen molar-refractivity contribution in [1.82, 2.24) is 15.5 Å². The van der Waals surface area contributed by atoms with Crippen LogP contribution in [0.1, 0.15) is 47.5 Å². The molecule has 1 amide bonds. The van der Waals surface area contributed by atoms with Gasteiger partial charge in [0.25, 0.3) is 0 Å². The summed E-state index contributed by atoms with van der Waals surface area (Å²) in [5.74, 6) is 1.65. The molecule has 6 nitrogen and oxygen atoms in total. The molecular weight excluding hydrogens is 451 g/mol. The molecule has 148 valence electrons. The maximum absolute atomic E-state index is 12.1. The summed E-state index contributed by atoms with van der Waals surface area (Å²) < 4.78 is 11.9. The Morgan fingerprint density at radius 2 is 1.84 bits per heavy atom. The first-order chi connectivity index (χ1) is 11.1. The summed E-state index contributed by atoms with van der Waals surface area (Å²) in [5, 5.41) is 6.65. The van der Waals surface area contributed by atoms with Gasteiger partial charge in [0.2, 0.25) is 5.91 Å². The molecule has 1 aliphatic rings. The topological polar surface area (TPSA) is 73.8 Å². The summed E-state index contributed by atoms with van der Waals surface area (Å²) >= 11 is 0. The van der Waals surface area contributed by atoms with Crippen molar-refractivity contribution in [1.29, 1.82) is 0 Å². The molecule has 1 saturated heterocycles. The fourth-order valence-electron chi connectivity index (χ4n) is 2.57. The second kappa shape index (κ2) is 11.4. The van der Waals surface area contributed by atoms with Crippen LogP contribution in [0.3, 0.4) is 0 Å². The molecule has 1 atom stereocenters. The van der Waals surface area contributed by atoms with Crippen LogP contribution in [0.15, 0.2) is 4.99 Å². The van der Waals surface area contributed by atoms with E-state index in [4.69, 9.17) is 0 Å². The number of nitrogens with one attached hydrogen (secondary N) is 2. The van der Waals surface area contributed by atoms with Gasteiger partial charge in [-0.15, -0.1) is 24.0 Å². The lowest BCUT2D eigenvalue weighted by Crippen LogP contribution is -2.50. The van der Waals surface area contributed by atoms with Gasteiger partial charge in [0.15, 0.2) is 5.96 Å². The van der Waals surface area contributed by atoms with Crippen LogP contribution in [0.5, 0.6) is 0 Å². The van der Waals surface area contributed by atoms with Crippen LogP contribution in [-0.4, -0.2) is 64.2 Å². The molecule has 0 saturated carbocycles. The Morgan fingerprint density at radius 1 is 1.28 bits per heavy atom. The third-order valence-electron chi connectivity index (χ3n) is 4.13. The van der Waals surface area contributed by atoms with Crippen molar-refractivity contribution in [3.05, 3.63) is 0 Å². The third kappa shape index (κ3) is 8.70. The predicted molar refractivity (Wildman–Crippen MR) is 117 cm³/mol. The quantitative estimate of drug-likeness (QED) is 0.354. The van der Waals surface area contributed by atoms with Gasteiger partial charge in [-0.1, -0.05) is 13.8 Å². The van der Waals surface area contributed by atoms with E-state index in [1.807, 2.05) is 39.5 Å². The van der Waals surface area contributed by atoms with Crippen LogP contribution in [0.4, 0.5) is 0 Å². The zero-order valence-corrected chi connectivity index (χ0v) is 19.6. The van der Waals surface area contributed by atoms with E-state index < -0.39 is 10.8 Å². The molecule has 0 bridgehead atoms. The Bertz CT molecular complexity index is 470. The summed E-state index contributed by atoms with van der Waals surface area (Å²) in [5.41, 5.74) is 0. The Labute approximate surface area is 172 Å². The van der Waals surface area contributed by atoms with Crippen molar-refractivity contribution in [2.75, 3.05) is 32.4 Å². The lowest BCUT2D eigenvalue weighted by Gasteiger charge is -2.34. The molecule has 1 heterocycles. The normalized spacial score (nSPS) is 17.9. The number of guanidine groups is 1. The lowest BCUT2D eigenvalue weighted by molar-refractivity contribution is -0.135. The number of carbonyl (C=O) groups excluding carboxylic acids is 1. The Morgan fingerprint density at radius 3 is 2.28 bits per heavy atom. The highest BCUT2D eigenvalue weighted by Crippen LogP contribution is 2.13. The van der Waals surface area contributed by atoms with Gasteiger partial charge >= 0.3 is 0 Å². The van der Waals surface area contributed by atoms with Crippen molar-refractivity contribution >= 4 is 46.6 Å². The fraction of sp³-hybridized carbons (Fsp3) is 0.882. The minimum absolute atomic E-state index is 0. The van der Waals surface area contributed by atoms with E-state index in [1.54, 1.807) is 7.05 Å². The van der Waals surface area contributed by atoms with E-state index in [1.165, 1.54) is 0 Å². The highest BCUT2D eigenvalue weighted by Gasteiger charge is 2.24. The molecule has 1 fully saturated rings. The zero-order chi connectivity index (χ0) is 18.3. The van der Waals surface area contributed by atoms with Crippen LogP contribution >= 0.6 is 24.0 Å². The van der Waals surface area contributed by atoms with Gasteiger partial charge < -0.3 is 15.5 Å². The monoisotopic (exact) mass is 486 g/mol. The largest absolute Gasteiger partial charge is 0.355 e. The van der Waals surface area contributed by atoms with E-state index in [2.05, 4.69) is 15.6 Å². The second-order valence-electron chi connectivity index (χ2n) is 7.56. The van der Waals surface area contributed by atoms with E-state index >= 15 is 0 Å². The van der Waals surface area contributed by atoms with Crippen molar-refractivity contribution < 1.29 is 9.00 Å². The van der Waals surface area contributed by atoms with Crippen molar-refractivity contribution in [2.45, 2.75) is 58.2 Å². The number of amides is 1.